The average Bonchev–Trinajstić information content (AvgIpc) is 3.01. The normalized spacial score (nSPS) is 12.5. The molecule has 3 heteroatoms. The predicted octanol–water partition coefficient (Wildman–Crippen LogP) is 4.35. The highest BCUT2D eigenvalue weighted by atomic mass is 32.1. The molecule has 0 amide bonds. The Bertz CT molecular complexity index is 706. The number of hydrogen-bond acceptors (Lipinski definition) is 3. The van der Waals surface area contributed by atoms with Crippen molar-refractivity contribution in [2.45, 2.75) is 13.0 Å². The van der Waals surface area contributed by atoms with Gasteiger partial charge in [0.2, 0.25) is 0 Å². The molecule has 1 aromatic heterocycles. The van der Waals surface area contributed by atoms with Crippen LogP contribution in [0.15, 0.2) is 53.2 Å². The van der Waals surface area contributed by atoms with Gasteiger partial charge >= 0.3 is 0 Å². The van der Waals surface area contributed by atoms with Gasteiger partial charge in [-0.2, -0.15) is 11.3 Å². The highest BCUT2D eigenvalue weighted by Crippen LogP contribution is 2.35. The minimum atomic E-state index is -0.158. The van der Waals surface area contributed by atoms with E-state index in [0.29, 0.717) is 6.61 Å². The molecule has 0 radical (unpaired) electrons. The van der Waals surface area contributed by atoms with Crippen molar-refractivity contribution in [3.8, 4) is 5.75 Å². The van der Waals surface area contributed by atoms with Gasteiger partial charge in [0.05, 0.1) is 12.6 Å². The van der Waals surface area contributed by atoms with Crippen LogP contribution in [0.2, 0.25) is 0 Å². The number of thiophene rings is 1. The Balaban J connectivity index is 2.21. The summed E-state index contributed by atoms with van der Waals surface area (Å²) in [5.74, 6) is 0.880. The van der Waals surface area contributed by atoms with E-state index in [0.717, 1.165) is 22.3 Å². The summed E-state index contributed by atoms with van der Waals surface area (Å²) in [7, 11) is 0. The van der Waals surface area contributed by atoms with Crippen LogP contribution in [0.25, 0.3) is 10.8 Å². The van der Waals surface area contributed by atoms with Crippen molar-refractivity contribution >= 4 is 22.1 Å². The Kier molecular flexibility index (Phi) is 3.72. The van der Waals surface area contributed by atoms with Crippen molar-refractivity contribution in [2.75, 3.05) is 6.61 Å². The molecule has 0 spiro atoms. The van der Waals surface area contributed by atoms with E-state index in [1.807, 2.05) is 25.1 Å². The molecule has 0 bridgehead atoms. The largest absolute Gasteiger partial charge is 0.493 e. The molecule has 0 unspecified atom stereocenters. The quantitative estimate of drug-likeness (QED) is 0.772. The van der Waals surface area contributed by atoms with Crippen molar-refractivity contribution in [2.24, 2.45) is 5.73 Å². The van der Waals surface area contributed by atoms with E-state index in [1.54, 1.807) is 11.3 Å². The van der Waals surface area contributed by atoms with Crippen molar-refractivity contribution in [3.05, 3.63) is 64.4 Å². The van der Waals surface area contributed by atoms with E-state index in [9.17, 15) is 0 Å². The summed E-state index contributed by atoms with van der Waals surface area (Å²) in [5, 5.41) is 6.51. The fraction of sp³-hybridized carbons (Fsp3) is 0.176. The molecule has 3 aromatic rings. The van der Waals surface area contributed by atoms with Crippen molar-refractivity contribution < 1.29 is 4.74 Å². The van der Waals surface area contributed by atoms with Gasteiger partial charge in [0.25, 0.3) is 0 Å². The first-order valence-electron chi connectivity index (χ1n) is 6.73. The molecule has 0 aliphatic heterocycles. The lowest BCUT2D eigenvalue weighted by atomic mass is 9.95. The Morgan fingerprint density at radius 2 is 2.00 bits per heavy atom. The number of rotatable bonds is 4. The average molecular weight is 283 g/mol. The van der Waals surface area contributed by atoms with E-state index in [4.69, 9.17) is 10.5 Å². The summed E-state index contributed by atoms with van der Waals surface area (Å²) in [6.45, 7) is 2.64. The van der Waals surface area contributed by atoms with Crippen LogP contribution in [0.1, 0.15) is 24.1 Å². The number of hydrogen-bond donors (Lipinski definition) is 1. The van der Waals surface area contributed by atoms with Crippen molar-refractivity contribution in [1.29, 1.82) is 0 Å². The van der Waals surface area contributed by atoms with Gasteiger partial charge in [-0.3, -0.25) is 0 Å². The van der Waals surface area contributed by atoms with Crippen LogP contribution in [0, 0.1) is 0 Å². The first kappa shape index (κ1) is 13.2. The fourth-order valence-electron chi connectivity index (χ4n) is 2.50. The van der Waals surface area contributed by atoms with Gasteiger partial charge < -0.3 is 10.5 Å². The van der Waals surface area contributed by atoms with Gasteiger partial charge in [0, 0.05) is 5.56 Å². The highest BCUT2D eigenvalue weighted by Gasteiger charge is 2.17. The summed E-state index contributed by atoms with van der Waals surface area (Å²) in [6, 6.07) is 14.3. The summed E-state index contributed by atoms with van der Waals surface area (Å²) in [4.78, 5) is 0. The maximum atomic E-state index is 6.48. The number of benzene rings is 2. The molecule has 0 aliphatic carbocycles. The fourth-order valence-corrected chi connectivity index (χ4v) is 3.19. The zero-order valence-electron chi connectivity index (χ0n) is 11.4. The molecule has 2 aromatic carbocycles. The Morgan fingerprint density at radius 3 is 2.75 bits per heavy atom. The Morgan fingerprint density at radius 1 is 1.15 bits per heavy atom. The van der Waals surface area contributed by atoms with Crippen LogP contribution in [0.3, 0.4) is 0 Å². The second kappa shape index (κ2) is 5.65. The molecule has 3 rings (SSSR count). The zero-order chi connectivity index (χ0) is 13.9. The molecular weight excluding hydrogens is 266 g/mol. The van der Waals surface area contributed by atoms with Crippen molar-refractivity contribution in [3.63, 3.8) is 0 Å². The number of ether oxygens (including phenoxy) is 1. The van der Waals surface area contributed by atoms with Gasteiger partial charge in [0.15, 0.2) is 0 Å². The third kappa shape index (κ3) is 2.30. The van der Waals surface area contributed by atoms with E-state index in [2.05, 4.69) is 35.0 Å². The first-order valence-corrected chi connectivity index (χ1v) is 7.67. The number of nitrogens with two attached hydrogens (primary N) is 1. The third-order valence-electron chi connectivity index (χ3n) is 3.44. The molecule has 0 fully saturated rings. The van der Waals surface area contributed by atoms with Crippen LogP contribution in [0.4, 0.5) is 0 Å². The van der Waals surface area contributed by atoms with Gasteiger partial charge in [-0.25, -0.2) is 0 Å². The molecular formula is C17H17NOS. The minimum absolute atomic E-state index is 0.158. The molecule has 0 saturated heterocycles. The maximum absolute atomic E-state index is 6.48. The van der Waals surface area contributed by atoms with Crippen LogP contribution in [-0.2, 0) is 0 Å². The Labute approximate surface area is 122 Å². The van der Waals surface area contributed by atoms with Crippen LogP contribution in [-0.4, -0.2) is 6.61 Å². The van der Waals surface area contributed by atoms with Crippen LogP contribution >= 0.6 is 11.3 Å². The molecule has 0 aliphatic rings. The topological polar surface area (TPSA) is 35.2 Å². The molecule has 2 N–H and O–H groups in total. The third-order valence-corrected chi connectivity index (χ3v) is 4.15. The first-order chi connectivity index (χ1) is 9.81. The molecule has 0 saturated carbocycles. The predicted molar refractivity (Wildman–Crippen MR) is 85.5 cm³/mol. The molecule has 1 heterocycles. The number of fused-ring (bicyclic) bond motifs is 1. The van der Waals surface area contributed by atoms with E-state index >= 15 is 0 Å². The van der Waals surface area contributed by atoms with Crippen molar-refractivity contribution in [1.82, 2.24) is 0 Å². The lowest BCUT2D eigenvalue weighted by Gasteiger charge is -2.18. The molecule has 20 heavy (non-hydrogen) atoms. The van der Waals surface area contributed by atoms with E-state index in [-0.39, 0.29) is 6.04 Å². The highest BCUT2D eigenvalue weighted by molar-refractivity contribution is 7.08. The molecule has 2 nitrogen and oxygen atoms in total. The summed E-state index contributed by atoms with van der Waals surface area (Å²) in [5.41, 5.74) is 8.69. The second-order valence-corrected chi connectivity index (χ2v) is 5.45. The summed E-state index contributed by atoms with van der Waals surface area (Å²) < 4.78 is 5.79. The Hall–Kier alpha value is -1.84. The summed E-state index contributed by atoms with van der Waals surface area (Å²) >= 11 is 1.67. The lowest BCUT2D eigenvalue weighted by Crippen LogP contribution is -2.13. The van der Waals surface area contributed by atoms with Crippen LogP contribution in [0.5, 0.6) is 5.75 Å². The van der Waals surface area contributed by atoms with E-state index in [1.165, 1.54) is 5.39 Å². The van der Waals surface area contributed by atoms with Gasteiger partial charge in [-0.05, 0) is 46.2 Å². The smallest absolute Gasteiger partial charge is 0.125 e. The van der Waals surface area contributed by atoms with E-state index < -0.39 is 0 Å². The van der Waals surface area contributed by atoms with Gasteiger partial charge in [-0.1, -0.05) is 30.3 Å². The standard InChI is InChI=1S/C17H17NOS/c1-2-19-15-8-7-12-5-3-4-6-14(12)16(15)17(18)13-9-10-20-11-13/h3-11,17H,2,18H2,1H3/t17-/m1/s1. The maximum Gasteiger partial charge on any atom is 0.125 e. The van der Waals surface area contributed by atoms with Gasteiger partial charge in [-0.15, -0.1) is 0 Å². The minimum Gasteiger partial charge on any atom is -0.493 e. The van der Waals surface area contributed by atoms with Crippen LogP contribution < -0.4 is 10.5 Å². The molecule has 1 atom stereocenters. The SMILES string of the molecule is CCOc1ccc2ccccc2c1[C@H](N)c1ccsc1. The lowest BCUT2D eigenvalue weighted by molar-refractivity contribution is 0.336. The summed E-state index contributed by atoms with van der Waals surface area (Å²) in [6.07, 6.45) is 0. The zero-order valence-corrected chi connectivity index (χ0v) is 12.2. The monoisotopic (exact) mass is 283 g/mol. The van der Waals surface area contributed by atoms with Gasteiger partial charge in [0.1, 0.15) is 5.75 Å². The second-order valence-electron chi connectivity index (χ2n) is 4.67. The molecule has 102 valence electrons.